The molecule has 2 aromatic rings. The van der Waals surface area contributed by atoms with E-state index >= 15 is 0 Å². The number of aliphatic hydroxyl groups is 1. The third-order valence-electron chi connectivity index (χ3n) is 3.69. The maximum Gasteiger partial charge on any atom is 0.225 e. The van der Waals surface area contributed by atoms with E-state index in [1.807, 2.05) is 12.1 Å². The lowest BCUT2D eigenvalue weighted by molar-refractivity contribution is 0.0743. The smallest absolute Gasteiger partial charge is 0.225 e. The van der Waals surface area contributed by atoms with Gasteiger partial charge in [-0.2, -0.15) is 0 Å². The van der Waals surface area contributed by atoms with E-state index < -0.39 is 5.60 Å². The Morgan fingerprint density at radius 3 is 2.55 bits per heavy atom. The van der Waals surface area contributed by atoms with Gasteiger partial charge in [-0.1, -0.05) is 29.5 Å². The third kappa shape index (κ3) is 3.56. The maximum absolute atomic E-state index is 10.6. The molecule has 1 fully saturated rings. The normalized spacial score (nSPS) is 16.7. The van der Waals surface area contributed by atoms with Crippen LogP contribution in [0.15, 0.2) is 42.7 Å². The van der Waals surface area contributed by atoms with Crippen molar-refractivity contribution in [1.82, 2.24) is 9.97 Å². The molecule has 1 N–H and O–H groups in total. The van der Waals surface area contributed by atoms with Gasteiger partial charge in [-0.05, 0) is 24.3 Å². The standard InChI is InChI=1S/C17H16ClN3O/c18-15-4-1-3-14(13-15)5-6-17(22)7-11-21(12-8-17)16-19-9-2-10-20-16/h1-4,9-10,13,22H,7-8,11-12H2. The monoisotopic (exact) mass is 313 g/mol. The average molecular weight is 314 g/mol. The highest BCUT2D eigenvalue weighted by atomic mass is 35.5. The van der Waals surface area contributed by atoms with Crippen LogP contribution in [0.1, 0.15) is 18.4 Å². The molecular weight excluding hydrogens is 298 g/mol. The summed E-state index contributed by atoms with van der Waals surface area (Å²) in [6.07, 6.45) is 4.59. The van der Waals surface area contributed by atoms with Gasteiger partial charge >= 0.3 is 0 Å². The second-order valence-electron chi connectivity index (χ2n) is 5.33. The maximum atomic E-state index is 10.6. The molecule has 1 aliphatic rings. The number of hydrogen-bond acceptors (Lipinski definition) is 4. The number of nitrogens with zero attached hydrogens (tertiary/aromatic N) is 3. The number of rotatable bonds is 1. The van der Waals surface area contributed by atoms with Crippen molar-refractivity contribution in [1.29, 1.82) is 0 Å². The molecular formula is C17H16ClN3O. The van der Waals surface area contributed by atoms with Crippen LogP contribution in [0.2, 0.25) is 5.02 Å². The van der Waals surface area contributed by atoms with Gasteiger partial charge in [0.1, 0.15) is 5.60 Å². The van der Waals surface area contributed by atoms with Crippen molar-refractivity contribution in [2.24, 2.45) is 0 Å². The molecule has 1 aromatic heterocycles. The second-order valence-corrected chi connectivity index (χ2v) is 5.76. The predicted molar refractivity (Wildman–Crippen MR) is 86.8 cm³/mol. The van der Waals surface area contributed by atoms with Crippen LogP contribution in [0.25, 0.3) is 0 Å². The van der Waals surface area contributed by atoms with Crippen LogP contribution in [-0.2, 0) is 0 Å². The van der Waals surface area contributed by atoms with E-state index in [0.717, 1.165) is 5.56 Å². The molecule has 22 heavy (non-hydrogen) atoms. The fraction of sp³-hybridized carbons (Fsp3) is 0.294. The number of piperidine rings is 1. The van der Waals surface area contributed by atoms with Gasteiger partial charge in [-0.3, -0.25) is 0 Å². The molecule has 4 nitrogen and oxygen atoms in total. The number of anilines is 1. The Kier molecular flexibility index (Phi) is 4.28. The quantitative estimate of drug-likeness (QED) is 0.822. The van der Waals surface area contributed by atoms with Crippen LogP contribution in [0.3, 0.4) is 0 Å². The van der Waals surface area contributed by atoms with Crippen LogP contribution >= 0.6 is 11.6 Å². The minimum atomic E-state index is -0.965. The molecule has 0 spiro atoms. The highest BCUT2D eigenvalue weighted by Crippen LogP contribution is 2.23. The molecule has 0 radical (unpaired) electrons. The summed E-state index contributed by atoms with van der Waals surface area (Å²) >= 11 is 5.94. The van der Waals surface area contributed by atoms with Gasteiger partial charge in [-0.25, -0.2) is 9.97 Å². The predicted octanol–water partition coefficient (Wildman–Crippen LogP) is 2.51. The molecule has 0 saturated carbocycles. The first-order chi connectivity index (χ1) is 10.6. The summed E-state index contributed by atoms with van der Waals surface area (Å²) in [5, 5.41) is 11.2. The summed E-state index contributed by atoms with van der Waals surface area (Å²) in [5.41, 5.74) is -0.150. The van der Waals surface area contributed by atoms with Crippen molar-refractivity contribution in [3.8, 4) is 11.8 Å². The fourth-order valence-corrected chi connectivity index (χ4v) is 2.60. The van der Waals surface area contributed by atoms with E-state index in [9.17, 15) is 5.11 Å². The zero-order valence-electron chi connectivity index (χ0n) is 12.0. The summed E-state index contributed by atoms with van der Waals surface area (Å²) < 4.78 is 0. The Morgan fingerprint density at radius 1 is 1.14 bits per heavy atom. The highest BCUT2D eigenvalue weighted by molar-refractivity contribution is 6.30. The molecule has 0 aliphatic carbocycles. The van der Waals surface area contributed by atoms with Crippen molar-refractivity contribution in [2.75, 3.05) is 18.0 Å². The van der Waals surface area contributed by atoms with Gasteiger partial charge in [0.25, 0.3) is 0 Å². The minimum absolute atomic E-state index is 0.568. The van der Waals surface area contributed by atoms with Crippen molar-refractivity contribution in [3.63, 3.8) is 0 Å². The molecule has 112 valence electrons. The van der Waals surface area contributed by atoms with Gasteiger partial charge in [0.2, 0.25) is 5.95 Å². The van der Waals surface area contributed by atoms with Crippen molar-refractivity contribution < 1.29 is 5.11 Å². The molecule has 2 heterocycles. The third-order valence-corrected chi connectivity index (χ3v) is 3.92. The highest BCUT2D eigenvalue weighted by Gasteiger charge is 2.31. The molecule has 0 unspecified atom stereocenters. The van der Waals surface area contributed by atoms with Crippen molar-refractivity contribution >= 4 is 17.5 Å². The Morgan fingerprint density at radius 2 is 1.86 bits per heavy atom. The first-order valence-corrected chi connectivity index (χ1v) is 7.56. The van der Waals surface area contributed by atoms with Gasteiger partial charge in [-0.15, -0.1) is 0 Å². The van der Waals surface area contributed by atoms with E-state index in [4.69, 9.17) is 11.6 Å². The second kappa shape index (κ2) is 6.35. The molecule has 0 amide bonds. The lowest BCUT2D eigenvalue weighted by atomic mass is 9.92. The summed E-state index contributed by atoms with van der Waals surface area (Å²) in [6, 6.07) is 9.13. The van der Waals surface area contributed by atoms with Gasteiger partial charge in [0, 0.05) is 48.9 Å². The van der Waals surface area contributed by atoms with E-state index in [-0.39, 0.29) is 0 Å². The number of halogens is 1. The molecule has 1 saturated heterocycles. The van der Waals surface area contributed by atoms with Crippen molar-refractivity contribution in [3.05, 3.63) is 53.3 Å². The van der Waals surface area contributed by atoms with Crippen LogP contribution in [0.5, 0.6) is 0 Å². The van der Waals surface area contributed by atoms with E-state index in [1.165, 1.54) is 0 Å². The molecule has 1 aromatic carbocycles. The zero-order valence-corrected chi connectivity index (χ0v) is 12.8. The first-order valence-electron chi connectivity index (χ1n) is 7.18. The zero-order chi connectivity index (χ0) is 15.4. The van der Waals surface area contributed by atoms with Crippen LogP contribution in [0.4, 0.5) is 5.95 Å². The van der Waals surface area contributed by atoms with Gasteiger partial charge < -0.3 is 10.0 Å². The Hall–Kier alpha value is -2.09. The van der Waals surface area contributed by atoms with Gasteiger partial charge in [0.15, 0.2) is 0 Å². The largest absolute Gasteiger partial charge is 0.377 e. The summed E-state index contributed by atoms with van der Waals surface area (Å²) in [7, 11) is 0. The minimum Gasteiger partial charge on any atom is -0.377 e. The Balaban J connectivity index is 1.67. The van der Waals surface area contributed by atoms with Gasteiger partial charge in [0.05, 0.1) is 0 Å². The Bertz CT molecular complexity index is 701. The Labute approximate surface area is 134 Å². The van der Waals surface area contributed by atoms with Crippen LogP contribution < -0.4 is 4.90 Å². The van der Waals surface area contributed by atoms with E-state index in [0.29, 0.717) is 36.9 Å². The summed E-state index contributed by atoms with van der Waals surface area (Å²) in [6.45, 7) is 1.37. The molecule has 0 atom stereocenters. The number of hydrogen-bond donors (Lipinski definition) is 1. The SMILES string of the molecule is OC1(C#Cc2cccc(Cl)c2)CCN(c2ncccn2)CC1. The number of benzene rings is 1. The van der Waals surface area contributed by atoms with Crippen molar-refractivity contribution in [2.45, 2.75) is 18.4 Å². The van der Waals surface area contributed by atoms with E-state index in [2.05, 4.69) is 26.7 Å². The molecule has 3 rings (SSSR count). The van der Waals surface area contributed by atoms with E-state index in [1.54, 1.807) is 30.6 Å². The number of aromatic nitrogens is 2. The molecule has 5 heteroatoms. The van der Waals surface area contributed by atoms with Crippen LogP contribution in [0, 0.1) is 11.8 Å². The van der Waals surface area contributed by atoms with Crippen LogP contribution in [-0.4, -0.2) is 33.8 Å². The lowest BCUT2D eigenvalue weighted by Gasteiger charge is -2.34. The lowest BCUT2D eigenvalue weighted by Crippen LogP contribution is -2.44. The summed E-state index contributed by atoms with van der Waals surface area (Å²) in [5.74, 6) is 6.71. The topological polar surface area (TPSA) is 49.2 Å². The molecule has 1 aliphatic heterocycles. The average Bonchev–Trinajstić information content (AvgIpc) is 2.55. The molecule has 0 bridgehead atoms. The summed E-state index contributed by atoms with van der Waals surface area (Å²) in [4.78, 5) is 10.5. The first kappa shape index (κ1) is 14.8. The fourth-order valence-electron chi connectivity index (χ4n) is 2.41.